The average molecular weight is 348 g/mol. The molecule has 0 N–H and O–H groups in total. The first kappa shape index (κ1) is 18.1. The summed E-state index contributed by atoms with van der Waals surface area (Å²) in [6.07, 6.45) is 4.70. The maximum Gasteiger partial charge on any atom is 0.259 e. The third-order valence-electron chi connectivity index (χ3n) is 5.69. The second-order valence-corrected chi connectivity index (χ2v) is 6.90. The molecule has 3 rings (SSSR count). The van der Waals surface area contributed by atoms with E-state index in [0.717, 1.165) is 58.8 Å². The molecule has 2 saturated heterocycles. The van der Waals surface area contributed by atoms with Crippen LogP contribution in [0.2, 0.25) is 0 Å². The number of hydrogen-bond donors (Lipinski definition) is 0. The number of pyridine rings is 1. The third-order valence-corrected chi connectivity index (χ3v) is 5.69. The lowest BCUT2D eigenvalue weighted by Gasteiger charge is -2.49. The fourth-order valence-corrected chi connectivity index (χ4v) is 4.07. The molecule has 138 valence electrons. The molecule has 1 atom stereocenters. The lowest BCUT2D eigenvalue weighted by atomic mass is 9.66. The molecular weight excluding hydrogens is 320 g/mol. The zero-order valence-corrected chi connectivity index (χ0v) is 15.2. The van der Waals surface area contributed by atoms with Crippen molar-refractivity contribution in [1.29, 1.82) is 0 Å². The number of carbonyl (C=O) groups excluding carboxylic acids is 1. The molecule has 0 bridgehead atoms. The molecule has 0 aromatic carbocycles. The zero-order valence-electron chi connectivity index (χ0n) is 15.2. The van der Waals surface area contributed by atoms with Crippen molar-refractivity contribution in [2.24, 2.45) is 11.3 Å². The van der Waals surface area contributed by atoms with Gasteiger partial charge >= 0.3 is 0 Å². The van der Waals surface area contributed by atoms with Gasteiger partial charge in [-0.05, 0) is 43.7 Å². The van der Waals surface area contributed by atoms with E-state index >= 15 is 0 Å². The smallest absolute Gasteiger partial charge is 0.259 e. The molecule has 0 radical (unpaired) electrons. The second kappa shape index (κ2) is 8.15. The summed E-state index contributed by atoms with van der Waals surface area (Å²) in [5, 5.41) is 0. The van der Waals surface area contributed by atoms with Crippen molar-refractivity contribution in [3.8, 4) is 5.88 Å². The summed E-state index contributed by atoms with van der Waals surface area (Å²) in [6.45, 7) is 6.62. The highest BCUT2D eigenvalue weighted by molar-refractivity contribution is 5.96. The highest BCUT2D eigenvalue weighted by atomic mass is 16.5. The highest BCUT2D eigenvalue weighted by Gasteiger charge is 2.44. The van der Waals surface area contributed by atoms with Gasteiger partial charge in [0.15, 0.2) is 0 Å². The van der Waals surface area contributed by atoms with E-state index in [1.54, 1.807) is 25.4 Å². The van der Waals surface area contributed by atoms with Crippen LogP contribution in [0.5, 0.6) is 5.88 Å². The first-order valence-electron chi connectivity index (χ1n) is 9.14. The predicted molar refractivity (Wildman–Crippen MR) is 93.8 cm³/mol. The summed E-state index contributed by atoms with van der Waals surface area (Å²) in [4.78, 5) is 18.9. The topological polar surface area (TPSA) is 60.9 Å². The molecule has 25 heavy (non-hydrogen) atoms. The Hall–Kier alpha value is -1.66. The Morgan fingerprint density at radius 2 is 2.20 bits per heavy atom. The number of aromatic nitrogens is 1. The third kappa shape index (κ3) is 3.80. The van der Waals surface area contributed by atoms with Gasteiger partial charge in [0.25, 0.3) is 5.91 Å². The predicted octanol–water partition coefficient (Wildman–Crippen LogP) is 2.39. The van der Waals surface area contributed by atoms with E-state index in [4.69, 9.17) is 14.2 Å². The minimum Gasteiger partial charge on any atom is -0.480 e. The normalized spacial score (nSPS) is 22.8. The molecule has 2 aliphatic rings. The number of piperidine rings is 1. The maximum absolute atomic E-state index is 12.9. The number of ether oxygens (including phenoxy) is 3. The van der Waals surface area contributed by atoms with Crippen LogP contribution in [0.15, 0.2) is 18.3 Å². The molecule has 1 aromatic rings. The lowest BCUT2D eigenvalue weighted by molar-refractivity contribution is -0.0956. The van der Waals surface area contributed by atoms with Crippen molar-refractivity contribution in [2.75, 3.05) is 46.6 Å². The molecule has 3 heterocycles. The summed E-state index contributed by atoms with van der Waals surface area (Å²) >= 11 is 0. The van der Waals surface area contributed by atoms with Crippen molar-refractivity contribution in [2.45, 2.75) is 26.2 Å². The van der Waals surface area contributed by atoms with E-state index < -0.39 is 0 Å². The minimum atomic E-state index is 0.00761. The summed E-state index contributed by atoms with van der Waals surface area (Å²) in [5.74, 6) is 0.827. The Morgan fingerprint density at radius 1 is 1.40 bits per heavy atom. The Morgan fingerprint density at radius 3 is 2.92 bits per heavy atom. The van der Waals surface area contributed by atoms with Gasteiger partial charge in [0.2, 0.25) is 5.88 Å². The van der Waals surface area contributed by atoms with Gasteiger partial charge in [0.1, 0.15) is 5.56 Å². The van der Waals surface area contributed by atoms with Gasteiger partial charge in [-0.15, -0.1) is 0 Å². The fraction of sp³-hybridized carbons (Fsp3) is 0.684. The molecule has 2 fully saturated rings. The van der Waals surface area contributed by atoms with Gasteiger partial charge in [-0.1, -0.05) is 0 Å². The van der Waals surface area contributed by atoms with Crippen LogP contribution in [0, 0.1) is 11.3 Å². The number of carbonyl (C=O) groups is 1. The number of amides is 1. The van der Waals surface area contributed by atoms with Gasteiger partial charge in [-0.3, -0.25) is 4.79 Å². The van der Waals surface area contributed by atoms with Crippen LogP contribution < -0.4 is 4.74 Å². The van der Waals surface area contributed by atoms with Crippen molar-refractivity contribution in [1.82, 2.24) is 9.88 Å². The molecule has 1 amide bonds. The lowest BCUT2D eigenvalue weighted by Crippen LogP contribution is -2.50. The summed E-state index contributed by atoms with van der Waals surface area (Å²) in [6, 6.07) is 3.56. The molecular formula is C19H28N2O4. The SMILES string of the molecule is CCOCC1COCCC12CCN(C(=O)c1cccnc1OC)CC2. The van der Waals surface area contributed by atoms with Crippen LogP contribution in [0.3, 0.4) is 0 Å². The molecule has 0 aliphatic carbocycles. The van der Waals surface area contributed by atoms with Crippen molar-refractivity contribution in [3.05, 3.63) is 23.9 Å². The summed E-state index contributed by atoms with van der Waals surface area (Å²) in [5.41, 5.74) is 0.780. The number of nitrogens with zero attached hydrogens (tertiary/aromatic N) is 2. The molecule has 1 aromatic heterocycles. The molecule has 6 heteroatoms. The van der Waals surface area contributed by atoms with Gasteiger partial charge < -0.3 is 19.1 Å². The number of rotatable bonds is 5. The van der Waals surface area contributed by atoms with Crippen molar-refractivity contribution in [3.63, 3.8) is 0 Å². The highest BCUT2D eigenvalue weighted by Crippen LogP contribution is 2.45. The van der Waals surface area contributed by atoms with E-state index in [0.29, 0.717) is 17.4 Å². The quantitative estimate of drug-likeness (QED) is 0.818. The maximum atomic E-state index is 12.9. The van der Waals surface area contributed by atoms with E-state index in [1.807, 2.05) is 11.8 Å². The monoisotopic (exact) mass is 348 g/mol. The van der Waals surface area contributed by atoms with Crippen LogP contribution in [0.1, 0.15) is 36.5 Å². The zero-order chi connectivity index (χ0) is 17.7. The van der Waals surface area contributed by atoms with E-state index in [-0.39, 0.29) is 11.3 Å². The van der Waals surface area contributed by atoms with E-state index in [1.165, 1.54) is 0 Å². The Balaban J connectivity index is 1.67. The minimum absolute atomic E-state index is 0.00761. The first-order chi connectivity index (χ1) is 12.2. The van der Waals surface area contributed by atoms with Crippen LogP contribution in [0.4, 0.5) is 0 Å². The number of methoxy groups -OCH3 is 1. The molecule has 6 nitrogen and oxygen atoms in total. The largest absolute Gasteiger partial charge is 0.480 e. The Labute approximate surface area is 149 Å². The van der Waals surface area contributed by atoms with Gasteiger partial charge in [-0.2, -0.15) is 0 Å². The van der Waals surface area contributed by atoms with Gasteiger partial charge in [0, 0.05) is 38.4 Å². The number of hydrogen-bond acceptors (Lipinski definition) is 5. The van der Waals surface area contributed by atoms with Crippen LogP contribution in [-0.2, 0) is 9.47 Å². The first-order valence-corrected chi connectivity index (χ1v) is 9.14. The second-order valence-electron chi connectivity index (χ2n) is 6.90. The fourth-order valence-electron chi connectivity index (χ4n) is 4.07. The molecule has 1 unspecified atom stereocenters. The average Bonchev–Trinajstić information content (AvgIpc) is 2.67. The standard InChI is InChI=1S/C19H28N2O4/c1-3-24-13-15-14-25-12-8-19(15)6-10-21(11-7-19)18(22)16-5-4-9-20-17(16)23-2/h4-5,9,15H,3,6-8,10-14H2,1-2H3. The van der Waals surface area contributed by atoms with E-state index in [2.05, 4.69) is 4.98 Å². The summed E-state index contributed by atoms with van der Waals surface area (Å²) in [7, 11) is 1.55. The molecule has 0 saturated carbocycles. The van der Waals surface area contributed by atoms with Crippen LogP contribution >= 0.6 is 0 Å². The van der Waals surface area contributed by atoms with Crippen molar-refractivity contribution >= 4 is 5.91 Å². The van der Waals surface area contributed by atoms with Gasteiger partial charge in [0.05, 0.1) is 20.3 Å². The summed E-state index contributed by atoms with van der Waals surface area (Å²) < 4.78 is 16.6. The van der Waals surface area contributed by atoms with E-state index in [9.17, 15) is 4.79 Å². The Kier molecular flexibility index (Phi) is 5.91. The van der Waals surface area contributed by atoms with Crippen LogP contribution in [0.25, 0.3) is 0 Å². The Bertz CT molecular complexity index is 585. The van der Waals surface area contributed by atoms with Crippen molar-refractivity contribution < 1.29 is 19.0 Å². The number of likely N-dealkylation sites (tertiary alicyclic amines) is 1. The van der Waals surface area contributed by atoms with Gasteiger partial charge in [-0.25, -0.2) is 4.98 Å². The molecule has 1 spiro atoms. The molecule has 2 aliphatic heterocycles. The van der Waals surface area contributed by atoms with Crippen LogP contribution in [-0.4, -0.2) is 62.4 Å².